The van der Waals surface area contributed by atoms with Crippen molar-refractivity contribution in [2.75, 3.05) is 7.05 Å². The molecule has 0 aromatic rings. The maximum atomic E-state index is 11.1. The first-order chi connectivity index (χ1) is 3.62. The zero-order valence-corrected chi connectivity index (χ0v) is 5.07. The minimum atomic E-state index is -3.48. The van der Waals surface area contributed by atoms with Gasteiger partial charge in [-0.3, -0.25) is 0 Å². The molecule has 0 bridgehead atoms. The molecule has 48 valence electrons. The van der Waals surface area contributed by atoms with Crippen molar-refractivity contribution in [1.82, 2.24) is 4.72 Å². The molecule has 0 fully saturated rings. The van der Waals surface area contributed by atoms with Gasteiger partial charge in [0.05, 0.1) is 11.7 Å². The molecule has 3 nitrogen and oxygen atoms in total. The van der Waals surface area contributed by atoms with E-state index in [0.717, 1.165) is 0 Å². The summed E-state index contributed by atoms with van der Waals surface area (Å²) in [4.78, 5) is 0. The zero-order chi connectivity index (χ0) is 6.62. The Morgan fingerprint density at radius 1 is 1.62 bits per heavy atom. The largest absolute Gasteiger partial charge is 0.235 e. The van der Waals surface area contributed by atoms with Gasteiger partial charge in [-0.2, -0.15) is 0 Å². The van der Waals surface area contributed by atoms with E-state index in [1.54, 1.807) is 0 Å². The lowest BCUT2D eigenvalue weighted by Crippen LogP contribution is -2.14. The van der Waals surface area contributed by atoms with E-state index in [0.29, 0.717) is 5.41 Å². The maximum absolute atomic E-state index is 11.1. The first-order valence-electron chi connectivity index (χ1n) is 1.82. The minimum Gasteiger partial charge on any atom is -0.215 e. The lowest BCUT2D eigenvalue weighted by Gasteiger charge is -1.88. The van der Waals surface area contributed by atoms with E-state index in [-0.39, 0.29) is 6.33 Å². The van der Waals surface area contributed by atoms with Crippen LogP contribution in [0.15, 0.2) is 11.7 Å². The van der Waals surface area contributed by atoms with Crippen LogP contribution >= 0.6 is 0 Å². The number of halogens is 1. The lowest BCUT2D eigenvalue weighted by molar-refractivity contribution is 0.596. The first kappa shape index (κ1) is 7.58. The van der Waals surface area contributed by atoms with E-state index in [1.807, 2.05) is 4.72 Å². The van der Waals surface area contributed by atoms with Gasteiger partial charge in [0.2, 0.25) is 10.0 Å². The van der Waals surface area contributed by atoms with Gasteiger partial charge in [-0.1, -0.05) is 0 Å². The molecule has 0 rings (SSSR count). The summed E-state index contributed by atoms with van der Waals surface area (Å²) < 4.78 is 33.3. The zero-order valence-electron chi connectivity index (χ0n) is 4.26. The molecule has 0 radical (unpaired) electrons. The van der Waals surface area contributed by atoms with Crippen molar-refractivity contribution in [2.45, 2.75) is 0 Å². The predicted molar refractivity (Wildman–Crippen MR) is 28.2 cm³/mol. The summed E-state index contributed by atoms with van der Waals surface area (Å²) in [7, 11) is -2.27. The fourth-order valence-electron chi connectivity index (χ4n) is 0.136. The number of sulfonamides is 1. The second kappa shape index (κ2) is 2.78. The predicted octanol–water partition coefficient (Wildman–Crippen LogP) is -0.0237. The van der Waals surface area contributed by atoms with Crippen molar-refractivity contribution in [3.63, 3.8) is 0 Å². The summed E-state index contributed by atoms with van der Waals surface area (Å²) >= 11 is 0. The Morgan fingerprint density at radius 3 is 2.25 bits per heavy atom. The average Bonchev–Trinajstić information content (AvgIpc) is 1.67. The van der Waals surface area contributed by atoms with Crippen LogP contribution in [0.1, 0.15) is 0 Å². The van der Waals surface area contributed by atoms with E-state index in [9.17, 15) is 12.8 Å². The molecule has 0 heterocycles. The van der Waals surface area contributed by atoms with Gasteiger partial charge >= 0.3 is 0 Å². The Kier molecular flexibility index (Phi) is 2.64. The average molecular weight is 139 g/mol. The molecule has 0 spiro atoms. The van der Waals surface area contributed by atoms with Crippen molar-refractivity contribution in [3.8, 4) is 0 Å². The first-order valence-corrected chi connectivity index (χ1v) is 3.37. The third-order valence-electron chi connectivity index (χ3n) is 0.515. The highest BCUT2D eigenvalue weighted by atomic mass is 32.2. The lowest BCUT2D eigenvalue weighted by atomic mass is 11.2. The number of hydrogen-bond donors (Lipinski definition) is 1. The van der Waals surface area contributed by atoms with Crippen molar-refractivity contribution in [2.24, 2.45) is 0 Å². The van der Waals surface area contributed by atoms with Gasteiger partial charge in [-0.25, -0.2) is 17.5 Å². The van der Waals surface area contributed by atoms with E-state index >= 15 is 0 Å². The maximum Gasteiger partial charge on any atom is 0.235 e. The van der Waals surface area contributed by atoms with Crippen LogP contribution in [0.3, 0.4) is 0 Å². The Hall–Kier alpha value is -0.420. The molecule has 1 N–H and O–H groups in total. The Morgan fingerprint density at radius 2 is 2.12 bits per heavy atom. The minimum absolute atomic E-state index is 0.0359. The van der Waals surface area contributed by atoms with Crippen LogP contribution in [0, 0.1) is 0 Å². The molecule has 0 atom stereocenters. The second-order valence-corrected chi connectivity index (χ2v) is 2.78. The van der Waals surface area contributed by atoms with Crippen LogP contribution in [-0.4, -0.2) is 15.5 Å². The molecule has 0 saturated heterocycles. The van der Waals surface area contributed by atoms with Gasteiger partial charge in [0, 0.05) is 0 Å². The second-order valence-electron chi connectivity index (χ2n) is 1.01. The van der Waals surface area contributed by atoms with Gasteiger partial charge in [-0.15, -0.1) is 0 Å². The number of nitrogens with one attached hydrogen (secondary N) is 1. The Balaban J connectivity index is 4.17. The smallest absolute Gasteiger partial charge is 0.215 e. The highest BCUT2D eigenvalue weighted by Crippen LogP contribution is 1.83. The summed E-state index contributed by atoms with van der Waals surface area (Å²) in [6.45, 7) is 0. The standard InChI is InChI=1S/C3H6FNO2S/c1-5-8(6,7)3-2-4/h2-3,5H,1H3/b3-2+. The molecule has 0 amide bonds. The molecule has 0 aromatic carbocycles. The molecule has 0 aliphatic heterocycles. The van der Waals surface area contributed by atoms with Gasteiger partial charge in [0.25, 0.3) is 0 Å². The van der Waals surface area contributed by atoms with E-state index in [1.165, 1.54) is 7.05 Å². The fourth-order valence-corrected chi connectivity index (χ4v) is 0.407. The van der Waals surface area contributed by atoms with Crippen LogP contribution in [0.2, 0.25) is 0 Å². The Labute approximate surface area is 47.3 Å². The van der Waals surface area contributed by atoms with Crippen LogP contribution in [0.5, 0.6) is 0 Å². The molecule has 0 aliphatic rings. The molecule has 5 heteroatoms. The summed E-state index contributed by atoms with van der Waals surface area (Å²) in [5, 5.41) is 0.438. The van der Waals surface area contributed by atoms with Gasteiger partial charge < -0.3 is 0 Å². The molecule has 0 saturated carbocycles. The normalized spacial score (nSPS) is 12.8. The highest BCUT2D eigenvalue weighted by molar-refractivity contribution is 7.92. The molecular weight excluding hydrogens is 133 g/mol. The summed E-state index contributed by atoms with van der Waals surface area (Å²) in [5.74, 6) is 0. The third-order valence-corrected chi connectivity index (χ3v) is 1.55. The van der Waals surface area contributed by atoms with Gasteiger partial charge in [0.15, 0.2) is 0 Å². The summed E-state index contributed by atoms with van der Waals surface area (Å²) in [6.07, 6.45) is -0.0359. The van der Waals surface area contributed by atoms with Crippen LogP contribution in [-0.2, 0) is 10.0 Å². The summed E-state index contributed by atoms with van der Waals surface area (Å²) in [5.41, 5.74) is 0. The monoisotopic (exact) mass is 139 g/mol. The number of rotatable bonds is 2. The SMILES string of the molecule is CNS(=O)(=O)/C=C/F. The summed E-state index contributed by atoms with van der Waals surface area (Å²) in [6, 6.07) is 0. The molecule has 0 aliphatic carbocycles. The van der Waals surface area contributed by atoms with E-state index in [2.05, 4.69) is 0 Å². The number of hydrogen-bond acceptors (Lipinski definition) is 2. The van der Waals surface area contributed by atoms with E-state index < -0.39 is 10.0 Å². The molecule has 0 unspecified atom stereocenters. The van der Waals surface area contributed by atoms with Gasteiger partial charge in [0.1, 0.15) is 0 Å². The van der Waals surface area contributed by atoms with Gasteiger partial charge in [-0.05, 0) is 7.05 Å². The molecule has 8 heavy (non-hydrogen) atoms. The van der Waals surface area contributed by atoms with Crippen LogP contribution in [0.25, 0.3) is 0 Å². The van der Waals surface area contributed by atoms with Crippen LogP contribution in [0.4, 0.5) is 4.39 Å². The Bertz CT molecular complexity index is 172. The third kappa shape index (κ3) is 2.70. The topological polar surface area (TPSA) is 46.2 Å². The molecule has 0 aromatic heterocycles. The molecular formula is C3H6FNO2S. The van der Waals surface area contributed by atoms with Crippen molar-refractivity contribution >= 4 is 10.0 Å². The quantitative estimate of drug-likeness (QED) is 0.584. The van der Waals surface area contributed by atoms with Crippen LogP contribution < -0.4 is 4.72 Å². The van der Waals surface area contributed by atoms with E-state index in [4.69, 9.17) is 0 Å². The van der Waals surface area contributed by atoms with Crippen molar-refractivity contribution in [1.29, 1.82) is 0 Å². The van der Waals surface area contributed by atoms with Crippen molar-refractivity contribution in [3.05, 3.63) is 11.7 Å². The highest BCUT2D eigenvalue weighted by Gasteiger charge is 1.96. The van der Waals surface area contributed by atoms with Crippen molar-refractivity contribution < 1.29 is 12.8 Å². The fraction of sp³-hybridized carbons (Fsp3) is 0.333.